The van der Waals surface area contributed by atoms with E-state index in [4.69, 9.17) is 0 Å². The van der Waals surface area contributed by atoms with Gasteiger partial charge in [-0.2, -0.15) is 0 Å². The molecular weight excluding hydrogens is 476 g/mol. The molecule has 1 aliphatic heterocycles. The number of nitrogens with zero attached hydrogens (tertiary/aromatic N) is 3. The quantitative estimate of drug-likeness (QED) is 0.397. The standard InChI is InChI=1S/C27H24N4O4S/c1-15-9-10-20(16(2)13-15)29-23(32)22-17(3)21-24(36-22)28-14-30(27(21)35)11-6-12-31-25(33)18-7-4-5-8-19(18)26(31)34/h4-5,7-10,13-14H,6,11-12H2,1-3H3,(H,29,32). The topological polar surface area (TPSA) is 101 Å². The van der Waals surface area contributed by atoms with Gasteiger partial charge in [-0.3, -0.25) is 28.6 Å². The number of nitrogens with one attached hydrogen (secondary N) is 1. The molecule has 0 aliphatic carbocycles. The van der Waals surface area contributed by atoms with Crippen LogP contribution in [0.2, 0.25) is 0 Å². The van der Waals surface area contributed by atoms with E-state index in [0.717, 1.165) is 16.8 Å². The van der Waals surface area contributed by atoms with Crippen molar-refractivity contribution in [1.82, 2.24) is 14.5 Å². The highest BCUT2D eigenvalue weighted by Crippen LogP contribution is 2.28. The summed E-state index contributed by atoms with van der Waals surface area (Å²) in [5.74, 6) is -0.909. The van der Waals surface area contributed by atoms with E-state index in [0.29, 0.717) is 38.2 Å². The largest absolute Gasteiger partial charge is 0.321 e. The van der Waals surface area contributed by atoms with Gasteiger partial charge in [0.15, 0.2) is 0 Å². The van der Waals surface area contributed by atoms with Crippen LogP contribution < -0.4 is 10.9 Å². The highest BCUT2D eigenvalue weighted by Gasteiger charge is 2.34. The average molecular weight is 501 g/mol. The first-order chi connectivity index (χ1) is 17.3. The zero-order valence-electron chi connectivity index (χ0n) is 20.1. The first kappa shape index (κ1) is 23.6. The van der Waals surface area contributed by atoms with Crippen LogP contribution in [-0.4, -0.2) is 38.7 Å². The van der Waals surface area contributed by atoms with Gasteiger partial charge in [0.2, 0.25) is 0 Å². The third-order valence-corrected chi connectivity index (χ3v) is 7.61. The predicted molar refractivity (Wildman–Crippen MR) is 139 cm³/mol. The Morgan fingerprint density at radius 1 is 0.972 bits per heavy atom. The molecule has 3 amide bonds. The first-order valence-corrected chi connectivity index (χ1v) is 12.4. The minimum atomic E-state index is -0.315. The number of aryl methyl sites for hydroxylation is 4. The fourth-order valence-electron chi connectivity index (χ4n) is 4.51. The summed E-state index contributed by atoms with van der Waals surface area (Å²) in [6.45, 7) is 6.16. The summed E-state index contributed by atoms with van der Waals surface area (Å²) >= 11 is 1.19. The Hall–Kier alpha value is -4.11. The molecule has 36 heavy (non-hydrogen) atoms. The molecule has 0 unspecified atom stereocenters. The molecule has 0 saturated carbocycles. The maximum Gasteiger partial charge on any atom is 0.266 e. The molecule has 182 valence electrons. The molecule has 5 rings (SSSR count). The van der Waals surface area contributed by atoms with E-state index in [1.807, 2.05) is 32.0 Å². The van der Waals surface area contributed by atoms with Crippen LogP contribution in [0.25, 0.3) is 10.2 Å². The molecule has 0 bridgehead atoms. The third-order valence-electron chi connectivity index (χ3n) is 6.41. The van der Waals surface area contributed by atoms with Crippen molar-refractivity contribution < 1.29 is 14.4 Å². The van der Waals surface area contributed by atoms with Crippen molar-refractivity contribution in [2.24, 2.45) is 0 Å². The summed E-state index contributed by atoms with van der Waals surface area (Å²) in [4.78, 5) is 57.9. The van der Waals surface area contributed by atoms with Crippen molar-refractivity contribution in [3.05, 3.63) is 91.8 Å². The van der Waals surface area contributed by atoms with Gasteiger partial charge < -0.3 is 5.32 Å². The van der Waals surface area contributed by atoms with Gasteiger partial charge in [0.05, 0.1) is 27.7 Å². The zero-order chi connectivity index (χ0) is 25.6. The summed E-state index contributed by atoms with van der Waals surface area (Å²) in [7, 11) is 0. The molecule has 0 fully saturated rings. The van der Waals surface area contributed by atoms with Crippen molar-refractivity contribution in [3.8, 4) is 0 Å². The number of hydrogen-bond acceptors (Lipinski definition) is 6. The number of hydrogen-bond donors (Lipinski definition) is 1. The lowest BCUT2D eigenvalue weighted by Crippen LogP contribution is -2.32. The van der Waals surface area contributed by atoms with E-state index < -0.39 is 0 Å². The van der Waals surface area contributed by atoms with E-state index in [2.05, 4.69) is 10.3 Å². The molecule has 4 aromatic rings. The number of imide groups is 1. The third kappa shape index (κ3) is 4.01. The number of thiophene rings is 1. The van der Waals surface area contributed by atoms with Crippen molar-refractivity contribution in [2.75, 3.05) is 11.9 Å². The minimum Gasteiger partial charge on any atom is -0.321 e. The number of benzene rings is 2. The lowest BCUT2D eigenvalue weighted by molar-refractivity contribution is 0.0650. The highest BCUT2D eigenvalue weighted by molar-refractivity contribution is 7.20. The van der Waals surface area contributed by atoms with E-state index in [-0.39, 0.29) is 36.4 Å². The molecule has 8 nitrogen and oxygen atoms in total. The average Bonchev–Trinajstić information content (AvgIpc) is 3.32. The van der Waals surface area contributed by atoms with E-state index in [1.54, 1.807) is 31.2 Å². The molecule has 1 N–H and O–H groups in total. The van der Waals surface area contributed by atoms with E-state index in [9.17, 15) is 19.2 Å². The Kier molecular flexibility index (Phi) is 6.01. The number of aromatic nitrogens is 2. The molecule has 1 aliphatic rings. The van der Waals surface area contributed by atoms with Crippen LogP contribution in [0.4, 0.5) is 5.69 Å². The number of rotatable bonds is 6. The summed E-state index contributed by atoms with van der Waals surface area (Å²) < 4.78 is 1.46. The zero-order valence-corrected chi connectivity index (χ0v) is 20.9. The SMILES string of the molecule is Cc1ccc(NC(=O)c2sc3ncn(CCCN4C(=O)c5ccccc5C4=O)c(=O)c3c2C)c(C)c1. The Labute approximate surface area is 211 Å². The molecular formula is C27H24N4O4S. The van der Waals surface area contributed by atoms with Crippen molar-refractivity contribution >= 4 is 45.0 Å². The van der Waals surface area contributed by atoms with Crippen molar-refractivity contribution in [2.45, 2.75) is 33.7 Å². The van der Waals surface area contributed by atoms with E-state index in [1.165, 1.54) is 27.1 Å². The maximum absolute atomic E-state index is 13.2. The number of anilines is 1. The Morgan fingerprint density at radius 2 is 1.67 bits per heavy atom. The molecule has 9 heteroatoms. The van der Waals surface area contributed by atoms with Gasteiger partial charge in [-0.25, -0.2) is 4.98 Å². The van der Waals surface area contributed by atoms with Gasteiger partial charge in [-0.1, -0.05) is 29.8 Å². The second-order valence-electron chi connectivity index (χ2n) is 8.91. The summed E-state index contributed by atoms with van der Waals surface area (Å²) in [6, 6.07) is 12.5. The number of fused-ring (bicyclic) bond motifs is 2. The van der Waals surface area contributed by atoms with Crippen LogP contribution in [0.5, 0.6) is 0 Å². The Bertz CT molecular complexity index is 1580. The van der Waals surface area contributed by atoms with Crippen LogP contribution in [0.15, 0.2) is 53.6 Å². The van der Waals surface area contributed by atoms with Crippen molar-refractivity contribution in [3.63, 3.8) is 0 Å². The van der Waals surface area contributed by atoms with E-state index >= 15 is 0 Å². The second kappa shape index (κ2) is 9.16. The molecule has 0 radical (unpaired) electrons. The van der Waals surface area contributed by atoms with Crippen molar-refractivity contribution in [1.29, 1.82) is 0 Å². The molecule has 2 aromatic heterocycles. The fourth-order valence-corrected chi connectivity index (χ4v) is 5.54. The van der Waals surface area contributed by atoms with Gasteiger partial charge in [-0.15, -0.1) is 11.3 Å². The van der Waals surface area contributed by atoms with Gasteiger partial charge >= 0.3 is 0 Å². The fraction of sp³-hybridized carbons (Fsp3) is 0.222. The predicted octanol–water partition coefficient (Wildman–Crippen LogP) is 4.32. The monoisotopic (exact) mass is 500 g/mol. The van der Waals surface area contributed by atoms with Crippen LogP contribution in [0.1, 0.15) is 53.5 Å². The minimum absolute atomic E-state index is 0.197. The Morgan fingerprint density at radius 3 is 2.33 bits per heavy atom. The molecule has 2 aromatic carbocycles. The van der Waals surface area contributed by atoms with Crippen LogP contribution >= 0.6 is 11.3 Å². The lowest BCUT2D eigenvalue weighted by Gasteiger charge is -2.14. The molecule has 3 heterocycles. The first-order valence-electron chi connectivity index (χ1n) is 11.6. The van der Waals surface area contributed by atoms with Crippen LogP contribution in [0, 0.1) is 20.8 Å². The molecule has 0 atom stereocenters. The number of carbonyl (C=O) groups is 3. The number of carbonyl (C=O) groups excluding carboxylic acids is 3. The maximum atomic E-state index is 13.2. The lowest BCUT2D eigenvalue weighted by atomic mass is 10.1. The summed E-state index contributed by atoms with van der Waals surface area (Å²) in [5.41, 5.74) is 3.94. The Balaban J connectivity index is 1.33. The molecule has 0 spiro atoms. The summed E-state index contributed by atoms with van der Waals surface area (Å²) in [6.07, 6.45) is 1.86. The van der Waals surface area contributed by atoms with Gasteiger partial charge in [0.25, 0.3) is 23.3 Å². The number of amides is 3. The highest BCUT2D eigenvalue weighted by atomic mass is 32.1. The van der Waals surface area contributed by atoms with Crippen LogP contribution in [0.3, 0.4) is 0 Å². The van der Waals surface area contributed by atoms with Crippen LogP contribution in [-0.2, 0) is 6.54 Å². The van der Waals surface area contributed by atoms with Gasteiger partial charge in [0.1, 0.15) is 4.83 Å². The van der Waals surface area contributed by atoms with Gasteiger partial charge in [0, 0.05) is 18.8 Å². The normalized spacial score (nSPS) is 12.9. The molecule has 0 saturated heterocycles. The smallest absolute Gasteiger partial charge is 0.266 e. The summed E-state index contributed by atoms with van der Waals surface area (Å²) in [5, 5.41) is 3.35. The second-order valence-corrected chi connectivity index (χ2v) is 9.91. The van der Waals surface area contributed by atoms with Gasteiger partial charge in [-0.05, 0) is 56.5 Å².